The van der Waals surface area contributed by atoms with Crippen LogP contribution in [-0.4, -0.2) is 71.2 Å². The summed E-state index contributed by atoms with van der Waals surface area (Å²) in [4.78, 5) is 29.6. The third-order valence-corrected chi connectivity index (χ3v) is 6.61. The van der Waals surface area contributed by atoms with Crippen LogP contribution in [0.5, 0.6) is 0 Å². The molecule has 3 rings (SSSR count). The normalized spacial score (nSPS) is 20.4. The lowest BCUT2D eigenvalue weighted by Gasteiger charge is -2.48. The van der Waals surface area contributed by atoms with Gasteiger partial charge in [0.2, 0.25) is 0 Å². The van der Waals surface area contributed by atoms with E-state index in [0.717, 1.165) is 25.8 Å². The first-order valence-electron chi connectivity index (χ1n) is 11.4. The topological polar surface area (TPSA) is 103 Å². The molecule has 2 saturated heterocycles. The molecule has 0 bridgehead atoms. The summed E-state index contributed by atoms with van der Waals surface area (Å²) in [5.74, 6) is 0. The van der Waals surface area contributed by atoms with Crippen molar-refractivity contribution in [2.45, 2.75) is 64.6 Å². The molecule has 2 fully saturated rings. The summed E-state index contributed by atoms with van der Waals surface area (Å²) in [6, 6.07) is 5.30. The number of carbonyl (C=O) groups excluding carboxylic acids is 1. The van der Waals surface area contributed by atoms with Gasteiger partial charge < -0.3 is 14.5 Å². The van der Waals surface area contributed by atoms with Gasteiger partial charge in [-0.25, -0.2) is 4.79 Å². The predicted octanol–water partition coefficient (Wildman–Crippen LogP) is 4.42. The molecule has 33 heavy (non-hydrogen) atoms. The summed E-state index contributed by atoms with van der Waals surface area (Å²) >= 11 is 6.41. The Labute approximate surface area is 200 Å². The zero-order chi connectivity index (χ0) is 24.3. The number of nitro groups is 1. The number of carbonyl (C=O) groups is 1. The standard InChI is InChI=1S/C23H32ClN5O4/c1-5-17-15-27(21-13-20(29(31)32)16(14-25)12-19(21)24)10-11-28(17)18-6-8-26(9-7-18)22(30)33-23(2,3)4/h12-13,17-18H,5-11,15H2,1-4H3/t17-/m0/s1. The minimum atomic E-state index is -0.537. The van der Waals surface area contributed by atoms with Crippen LogP contribution in [0.25, 0.3) is 0 Å². The lowest BCUT2D eigenvalue weighted by Crippen LogP contribution is -2.58. The van der Waals surface area contributed by atoms with Crippen LogP contribution in [0.1, 0.15) is 52.5 Å². The predicted molar refractivity (Wildman–Crippen MR) is 127 cm³/mol. The van der Waals surface area contributed by atoms with Crippen LogP contribution in [0.4, 0.5) is 16.2 Å². The van der Waals surface area contributed by atoms with Crippen molar-refractivity contribution in [1.82, 2.24) is 9.80 Å². The highest BCUT2D eigenvalue weighted by Gasteiger charge is 2.35. The van der Waals surface area contributed by atoms with Crippen molar-refractivity contribution < 1.29 is 14.5 Å². The number of piperazine rings is 1. The van der Waals surface area contributed by atoms with Gasteiger partial charge in [-0.05, 0) is 46.1 Å². The number of hydrogen-bond acceptors (Lipinski definition) is 7. The molecule has 1 amide bonds. The van der Waals surface area contributed by atoms with Crippen molar-refractivity contribution in [2.75, 3.05) is 37.6 Å². The molecule has 0 saturated carbocycles. The molecule has 2 aliphatic heterocycles. The summed E-state index contributed by atoms with van der Waals surface area (Å²) < 4.78 is 5.50. The molecule has 180 valence electrons. The molecule has 2 heterocycles. The summed E-state index contributed by atoms with van der Waals surface area (Å²) in [7, 11) is 0. The fraction of sp³-hybridized carbons (Fsp3) is 0.652. The first-order valence-corrected chi connectivity index (χ1v) is 11.8. The summed E-state index contributed by atoms with van der Waals surface area (Å²) in [5.41, 5.74) is -0.155. The van der Waals surface area contributed by atoms with Crippen LogP contribution < -0.4 is 4.90 Å². The van der Waals surface area contributed by atoms with Gasteiger partial charge in [-0.15, -0.1) is 0 Å². The van der Waals surface area contributed by atoms with Crippen molar-refractivity contribution in [3.63, 3.8) is 0 Å². The van der Waals surface area contributed by atoms with Gasteiger partial charge in [0.15, 0.2) is 0 Å². The third-order valence-electron chi connectivity index (χ3n) is 6.31. The Morgan fingerprint density at radius 2 is 1.94 bits per heavy atom. The average Bonchev–Trinajstić information content (AvgIpc) is 2.77. The summed E-state index contributed by atoms with van der Waals surface area (Å²) in [5, 5.41) is 21.0. The lowest BCUT2D eigenvalue weighted by molar-refractivity contribution is -0.385. The van der Waals surface area contributed by atoms with Crippen molar-refractivity contribution in [3.05, 3.63) is 32.8 Å². The molecule has 10 heteroatoms. The largest absolute Gasteiger partial charge is 0.444 e. The van der Waals surface area contributed by atoms with E-state index in [1.54, 1.807) is 4.90 Å². The molecule has 1 aromatic rings. The van der Waals surface area contributed by atoms with E-state index in [0.29, 0.717) is 42.9 Å². The van der Waals surface area contributed by atoms with E-state index in [2.05, 4.69) is 16.7 Å². The Morgan fingerprint density at radius 1 is 1.27 bits per heavy atom. The molecule has 2 aliphatic rings. The molecular weight excluding hydrogens is 446 g/mol. The Balaban J connectivity index is 1.67. The van der Waals surface area contributed by atoms with Crippen LogP contribution >= 0.6 is 11.6 Å². The van der Waals surface area contributed by atoms with E-state index in [-0.39, 0.29) is 23.4 Å². The smallest absolute Gasteiger partial charge is 0.410 e. The van der Waals surface area contributed by atoms with Crippen molar-refractivity contribution in [3.8, 4) is 6.07 Å². The Bertz CT molecular complexity index is 934. The molecule has 9 nitrogen and oxygen atoms in total. The van der Waals surface area contributed by atoms with Gasteiger partial charge in [-0.2, -0.15) is 5.26 Å². The van der Waals surface area contributed by atoms with E-state index in [1.165, 1.54) is 12.1 Å². The van der Waals surface area contributed by atoms with E-state index in [1.807, 2.05) is 26.8 Å². The molecular formula is C23H32ClN5O4. The maximum atomic E-state index is 12.4. The zero-order valence-electron chi connectivity index (χ0n) is 19.7. The number of rotatable bonds is 4. The number of nitro benzene ring substituents is 1. The van der Waals surface area contributed by atoms with Gasteiger partial charge in [0.05, 0.1) is 15.6 Å². The zero-order valence-corrected chi connectivity index (χ0v) is 20.5. The second-order valence-corrected chi connectivity index (χ2v) is 10.0. The van der Waals surface area contributed by atoms with Crippen LogP contribution in [0.15, 0.2) is 12.1 Å². The fourth-order valence-corrected chi connectivity index (χ4v) is 4.96. The van der Waals surface area contributed by atoms with E-state index in [9.17, 15) is 20.2 Å². The number of likely N-dealkylation sites (tertiary alicyclic amines) is 1. The molecule has 0 aromatic heterocycles. The number of nitrogens with zero attached hydrogens (tertiary/aromatic N) is 5. The quantitative estimate of drug-likeness (QED) is 0.467. The van der Waals surface area contributed by atoms with Gasteiger partial charge in [0.1, 0.15) is 17.2 Å². The number of halogens is 1. The van der Waals surface area contributed by atoms with E-state index < -0.39 is 10.5 Å². The van der Waals surface area contributed by atoms with Crippen molar-refractivity contribution >= 4 is 29.1 Å². The second-order valence-electron chi connectivity index (χ2n) is 9.63. The van der Waals surface area contributed by atoms with E-state index in [4.69, 9.17) is 16.3 Å². The number of ether oxygens (including phenoxy) is 1. The fourth-order valence-electron chi connectivity index (χ4n) is 4.67. The first kappa shape index (κ1) is 25.1. The highest BCUT2D eigenvalue weighted by molar-refractivity contribution is 6.33. The number of piperidine rings is 1. The first-order chi connectivity index (χ1) is 15.5. The van der Waals surface area contributed by atoms with Gasteiger partial charge >= 0.3 is 6.09 Å². The van der Waals surface area contributed by atoms with Crippen molar-refractivity contribution in [2.24, 2.45) is 0 Å². The SMILES string of the molecule is CC[C@H]1CN(c2cc([N+](=O)[O-])c(C#N)cc2Cl)CCN1C1CCN(C(=O)OC(C)(C)C)CC1. The Hall–Kier alpha value is -2.57. The Kier molecular flexibility index (Phi) is 7.70. The number of amides is 1. The molecule has 0 aliphatic carbocycles. The van der Waals surface area contributed by atoms with Gasteiger partial charge in [0.25, 0.3) is 5.69 Å². The highest BCUT2D eigenvalue weighted by Crippen LogP contribution is 2.35. The molecule has 0 N–H and O–H groups in total. The minimum absolute atomic E-state index is 0.0313. The molecule has 1 atom stereocenters. The lowest BCUT2D eigenvalue weighted by atomic mass is 9.98. The van der Waals surface area contributed by atoms with Gasteiger partial charge in [-0.3, -0.25) is 15.0 Å². The number of nitriles is 1. The van der Waals surface area contributed by atoms with Crippen LogP contribution in [0.3, 0.4) is 0 Å². The van der Waals surface area contributed by atoms with Crippen LogP contribution in [-0.2, 0) is 4.74 Å². The van der Waals surface area contributed by atoms with Gasteiger partial charge in [0, 0.05) is 50.9 Å². The number of benzene rings is 1. The number of hydrogen-bond donors (Lipinski definition) is 0. The van der Waals surface area contributed by atoms with E-state index >= 15 is 0 Å². The number of anilines is 1. The molecule has 0 unspecified atom stereocenters. The molecule has 0 spiro atoms. The van der Waals surface area contributed by atoms with Gasteiger partial charge in [-0.1, -0.05) is 18.5 Å². The maximum absolute atomic E-state index is 12.4. The second kappa shape index (κ2) is 10.1. The monoisotopic (exact) mass is 477 g/mol. The maximum Gasteiger partial charge on any atom is 0.410 e. The van der Waals surface area contributed by atoms with Crippen molar-refractivity contribution in [1.29, 1.82) is 5.26 Å². The highest BCUT2D eigenvalue weighted by atomic mass is 35.5. The minimum Gasteiger partial charge on any atom is -0.444 e. The summed E-state index contributed by atoms with van der Waals surface area (Å²) in [6.07, 6.45) is 2.45. The molecule has 0 radical (unpaired) electrons. The third kappa shape index (κ3) is 5.87. The Morgan fingerprint density at radius 3 is 2.48 bits per heavy atom. The average molecular weight is 478 g/mol. The molecule has 1 aromatic carbocycles. The summed E-state index contributed by atoms with van der Waals surface area (Å²) in [6.45, 7) is 11.3. The van der Waals surface area contributed by atoms with Crippen LogP contribution in [0.2, 0.25) is 5.02 Å². The van der Waals surface area contributed by atoms with Crippen LogP contribution in [0, 0.1) is 21.4 Å².